The van der Waals surface area contributed by atoms with Crippen LogP contribution in [0.4, 0.5) is 4.79 Å². The first-order valence-electron chi connectivity index (χ1n) is 6.67. The summed E-state index contributed by atoms with van der Waals surface area (Å²) in [5.41, 5.74) is 7.70. The topological polar surface area (TPSA) is 75.2 Å². The monoisotopic (exact) mass is 320 g/mol. The van der Waals surface area contributed by atoms with Crippen LogP contribution in [0.25, 0.3) is 5.69 Å². The van der Waals surface area contributed by atoms with Crippen LogP contribution in [0.15, 0.2) is 30.3 Å². The van der Waals surface area contributed by atoms with E-state index in [2.05, 4.69) is 16.2 Å². The number of benzene rings is 1. The van der Waals surface area contributed by atoms with Crippen LogP contribution in [-0.2, 0) is 0 Å². The van der Waals surface area contributed by atoms with Crippen molar-refractivity contribution >= 4 is 23.5 Å². The molecule has 0 atom stereocenters. The van der Waals surface area contributed by atoms with Crippen LogP contribution in [0, 0.1) is 13.8 Å². The molecule has 0 saturated carbocycles. The predicted molar refractivity (Wildman–Crippen MR) is 85.3 cm³/mol. The van der Waals surface area contributed by atoms with Crippen LogP contribution in [0.3, 0.4) is 0 Å². The molecule has 0 unspecified atom stereocenters. The van der Waals surface area contributed by atoms with E-state index in [1.165, 1.54) is 7.05 Å². The van der Waals surface area contributed by atoms with E-state index < -0.39 is 6.03 Å². The predicted octanol–water partition coefficient (Wildman–Crippen LogP) is 2.32. The molecule has 1 heterocycles. The minimum Gasteiger partial charge on any atom is -0.340 e. The Morgan fingerprint density at radius 3 is 2.32 bits per heavy atom. The SMILES string of the molecule is CNC(=O)NNC(=O)c1cc(C)n(-c2ccc(Cl)cc2)c1C. The number of carbonyl (C=O) groups is 2. The van der Waals surface area contributed by atoms with Crippen LogP contribution in [0.5, 0.6) is 0 Å². The number of nitrogens with zero attached hydrogens (tertiary/aromatic N) is 1. The average molecular weight is 321 g/mol. The fourth-order valence-electron chi connectivity index (χ4n) is 2.22. The Balaban J connectivity index is 2.29. The van der Waals surface area contributed by atoms with Crippen molar-refractivity contribution < 1.29 is 9.59 Å². The highest BCUT2D eigenvalue weighted by Crippen LogP contribution is 2.22. The molecular formula is C15H17ClN4O2. The van der Waals surface area contributed by atoms with E-state index in [-0.39, 0.29) is 5.91 Å². The van der Waals surface area contributed by atoms with Gasteiger partial charge < -0.3 is 9.88 Å². The number of nitrogens with one attached hydrogen (secondary N) is 3. The normalized spacial score (nSPS) is 10.2. The summed E-state index contributed by atoms with van der Waals surface area (Å²) >= 11 is 5.90. The lowest BCUT2D eigenvalue weighted by atomic mass is 10.2. The Hall–Kier alpha value is -2.47. The van der Waals surface area contributed by atoms with Gasteiger partial charge in [0.05, 0.1) is 5.56 Å². The fourth-order valence-corrected chi connectivity index (χ4v) is 2.35. The van der Waals surface area contributed by atoms with E-state index >= 15 is 0 Å². The van der Waals surface area contributed by atoms with Crippen LogP contribution in [0.2, 0.25) is 5.02 Å². The minimum atomic E-state index is -0.486. The van der Waals surface area contributed by atoms with Crippen molar-refractivity contribution in [3.05, 3.63) is 52.3 Å². The number of aromatic nitrogens is 1. The summed E-state index contributed by atoms with van der Waals surface area (Å²) in [6, 6.07) is 8.63. The third-order valence-electron chi connectivity index (χ3n) is 3.28. The van der Waals surface area contributed by atoms with Crippen molar-refractivity contribution in [2.24, 2.45) is 0 Å². The van der Waals surface area contributed by atoms with Gasteiger partial charge in [0.15, 0.2) is 0 Å². The number of hydrogen-bond acceptors (Lipinski definition) is 2. The maximum absolute atomic E-state index is 12.1. The number of hydrazine groups is 1. The molecule has 0 saturated heterocycles. The van der Waals surface area contributed by atoms with Crippen LogP contribution in [0.1, 0.15) is 21.7 Å². The molecule has 0 aliphatic heterocycles. The summed E-state index contributed by atoms with van der Waals surface area (Å²) in [5, 5.41) is 3.00. The van der Waals surface area contributed by atoms with Gasteiger partial charge in [0.25, 0.3) is 5.91 Å². The zero-order chi connectivity index (χ0) is 16.3. The number of amides is 3. The van der Waals surface area contributed by atoms with E-state index in [4.69, 9.17) is 11.6 Å². The fraction of sp³-hybridized carbons (Fsp3) is 0.200. The Morgan fingerprint density at radius 1 is 1.09 bits per heavy atom. The molecule has 3 amide bonds. The van der Waals surface area contributed by atoms with Crippen LogP contribution >= 0.6 is 11.6 Å². The van der Waals surface area contributed by atoms with Crippen molar-refractivity contribution in [2.75, 3.05) is 7.05 Å². The van der Waals surface area contributed by atoms with Crippen molar-refractivity contribution in [3.8, 4) is 5.69 Å². The lowest BCUT2D eigenvalue weighted by Crippen LogP contribution is -2.45. The van der Waals surface area contributed by atoms with Gasteiger partial charge in [-0.25, -0.2) is 10.2 Å². The van der Waals surface area contributed by atoms with E-state index in [0.29, 0.717) is 10.6 Å². The second-order valence-electron chi connectivity index (χ2n) is 4.75. The average Bonchev–Trinajstić information content (AvgIpc) is 2.80. The molecule has 2 aromatic rings. The maximum Gasteiger partial charge on any atom is 0.333 e. The molecule has 2 rings (SSSR count). The smallest absolute Gasteiger partial charge is 0.333 e. The molecule has 0 fully saturated rings. The standard InChI is InChI=1S/C15H17ClN4O2/c1-9-8-13(14(21)18-19-15(22)17-3)10(2)20(9)12-6-4-11(16)5-7-12/h4-8H,1-3H3,(H,18,21)(H2,17,19,22). The van der Waals surface area contributed by atoms with Gasteiger partial charge in [-0.15, -0.1) is 0 Å². The Kier molecular flexibility index (Phi) is 4.72. The Labute approximate surface area is 133 Å². The number of aryl methyl sites for hydroxylation is 1. The first-order chi connectivity index (χ1) is 10.4. The van der Waals surface area contributed by atoms with Gasteiger partial charge in [0.1, 0.15) is 0 Å². The molecule has 0 spiro atoms. The first kappa shape index (κ1) is 15.9. The van der Waals surface area contributed by atoms with E-state index in [9.17, 15) is 9.59 Å². The van der Waals surface area contributed by atoms with Gasteiger partial charge in [-0.2, -0.15) is 0 Å². The number of halogens is 1. The molecule has 22 heavy (non-hydrogen) atoms. The third-order valence-corrected chi connectivity index (χ3v) is 3.53. The largest absolute Gasteiger partial charge is 0.340 e. The summed E-state index contributed by atoms with van der Waals surface area (Å²) in [6.45, 7) is 3.75. The van der Waals surface area contributed by atoms with Gasteiger partial charge >= 0.3 is 6.03 Å². The zero-order valence-corrected chi connectivity index (χ0v) is 13.3. The molecule has 0 aliphatic rings. The Bertz CT molecular complexity index is 707. The highest BCUT2D eigenvalue weighted by Gasteiger charge is 2.16. The van der Waals surface area contributed by atoms with Gasteiger partial charge in [0, 0.05) is 29.1 Å². The molecule has 0 aliphatic carbocycles. The number of urea groups is 1. The third kappa shape index (κ3) is 3.23. The van der Waals surface area contributed by atoms with Crippen molar-refractivity contribution in [1.82, 2.24) is 20.7 Å². The van der Waals surface area contributed by atoms with Gasteiger partial charge in [-0.05, 0) is 44.2 Å². The molecule has 0 radical (unpaired) electrons. The number of hydrogen-bond donors (Lipinski definition) is 3. The van der Waals surface area contributed by atoms with E-state index in [1.54, 1.807) is 18.2 Å². The molecule has 3 N–H and O–H groups in total. The molecule has 116 valence electrons. The second kappa shape index (κ2) is 6.53. The highest BCUT2D eigenvalue weighted by molar-refractivity contribution is 6.30. The summed E-state index contributed by atoms with van der Waals surface area (Å²) in [5.74, 6) is -0.378. The van der Waals surface area contributed by atoms with Gasteiger partial charge in [-0.3, -0.25) is 10.2 Å². The number of rotatable bonds is 2. The van der Waals surface area contributed by atoms with Crippen molar-refractivity contribution in [2.45, 2.75) is 13.8 Å². The zero-order valence-electron chi connectivity index (χ0n) is 12.5. The maximum atomic E-state index is 12.1. The van der Waals surface area contributed by atoms with Gasteiger partial charge in [-0.1, -0.05) is 11.6 Å². The number of carbonyl (C=O) groups excluding carboxylic acids is 2. The Morgan fingerprint density at radius 2 is 1.73 bits per heavy atom. The van der Waals surface area contributed by atoms with Gasteiger partial charge in [0.2, 0.25) is 0 Å². The molecule has 7 heteroatoms. The highest BCUT2D eigenvalue weighted by atomic mass is 35.5. The molecule has 6 nitrogen and oxygen atoms in total. The van der Waals surface area contributed by atoms with Crippen LogP contribution < -0.4 is 16.2 Å². The summed E-state index contributed by atoms with van der Waals surface area (Å²) in [7, 11) is 1.47. The van der Waals surface area contributed by atoms with E-state index in [0.717, 1.165) is 17.1 Å². The lowest BCUT2D eigenvalue weighted by molar-refractivity contribution is 0.0936. The molecule has 0 bridgehead atoms. The second-order valence-corrected chi connectivity index (χ2v) is 5.19. The van der Waals surface area contributed by atoms with Crippen LogP contribution in [-0.4, -0.2) is 23.6 Å². The lowest BCUT2D eigenvalue weighted by Gasteiger charge is -2.10. The van der Waals surface area contributed by atoms with E-state index in [1.807, 2.05) is 30.5 Å². The first-order valence-corrected chi connectivity index (χ1v) is 7.04. The summed E-state index contributed by atoms with van der Waals surface area (Å²) in [4.78, 5) is 23.3. The van der Waals surface area contributed by atoms with Crippen molar-refractivity contribution in [1.29, 1.82) is 0 Å². The summed E-state index contributed by atoms with van der Waals surface area (Å²) in [6.07, 6.45) is 0. The van der Waals surface area contributed by atoms with Crippen molar-refractivity contribution in [3.63, 3.8) is 0 Å². The molecular weight excluding hydrogens is 304 g/mol. The minimum absolute atomic E-state index is 0.378. The molecule has 1 aromatic heterocycles. The summed E-state index contributed by atoms with van der Waals surface area (Å²) < 4.78 is 1.95. The molecule has 1 aromatic carbocycles. The quantitative estimate of drug-likeness (QED) is 0.743.